The van der Waals surface area contributed by atoms with Crippen molar-refractivity contribution < 1.29 is 5.21 Å². The van der Waals surface area contributed by atoms with E-state index in [2.05, 4.69) is 23.4 Å². The fraction of sp³-hybridized carbons (Fsp3) is 0.545. The van der Waals surface area contributed by atoms with Crippen molar-refractivity contribution in [2.75, 3.05) is 0 Å². The van der Waals surface area contributed by atoms with E-state index in [4.69, 9.17) is 5.21 Å². The van der Waals surface area contributed by atoms with Gasteiger partial charge in [0.15, 0.2) is 0 Å². The molecule has 0 radical (unpaired) electrons. The highest BCUT2D eigenvalue weighted by molar-refractivity contribution is 5.95. The minimum Gasteiger partial charge on any atom is -0.411 e. The Morgan fingerprint density at radius 3 is 3.00 bits per heavy atom. The summed E-state index contributed by atoms with van der Waals surface area (Å²) in [6, 6.07) is 0. The van der Waals surface area contributed by atoms with Crippen LogP contribution in [-0.2, 0) is 0 Å². The SMILES string of the molecule is O/N=C1/C=CCC2(C=CCCC2)C1. The van der Waals surface area contributed by atoms with E-state index in [0.717, 1.165) is 18.6 Å². The van der Waals surface area contributed by atoms with E-state index < -0.39 is 0 Å². The highest BCUT2D eigenvalue weighted by Gasteiger charge is 2.30. The number of hydrogen-bond acceptors (Lipinski definition) is 2. The lowest BCUT2D eigenvalue weighted by molar-refractivity contribution is 0.302. The van der Waals surface area contributed by atoms with E-state index in [9.17, 15) is 0 Å². The number of nitrogens with zero attached hydrogens (tertiary/aromatic N) is 1. The second kappa shape index (κ2) is 3.36. The molecule has 1 spiro atoms. The third kappa shape index (κ3) is 1.67. The first-order valence-electron chi connectivity index (χ1n) is 4.90. The van der Waals surface area contributed by atoms with Crippen molar-refractivity contribution in [2.45, 2.75) is 32.1 Å². The van der Waals surface area contributed by atoms with Crippen LogP contribution in [0.5, 0.6) is 0 Å². The largest absolute Gasteiger partial charge is 0.411 e. The van der Waals surface area contributed by atoms with E-state index in [1.807, 2.05) is 6.08 Å². The standard InChI is InChI=1S/C11H15NO/c13-12-10-5-4-8-11(9-10)6-2-1-3-7-11/h2,4-6,13H,1,3,7-9H2/b12-10-. The molecule has 0 heterocycles. The van der Waals surface area contributed by atoms with E-state index in [1.165, 1.54) is 19.3 Å². The quantitative estimate of drug-likeness (QED) is 0.344. The van der Waals surface area contributed by atoms with Gasteiger partial charge in [0.25, 0.3) is 0 Å². The molecule has 13 heavy (non-hydrogen) atoms. The van der Waals surface area contributed by atoms with Crippen LogP contribution in [0.3, 0.4) is 0 Å². The van der Waals surface area contributed by atoms with Gasteiger partial charge in [-0.3, -0.25) is 0 Å². The van der Waals surface area contributed by atoms with Crippen molar-refractivity contribution in [3.8, 4) is 0 Å². The normalized spacial score (nSPS) is 35.8. The van der Waals surface area contributed by atoms with Crippen molar-refractivity contribution in [1.29, 1.82) is 0 Å². The molecule has 1 unspecified atom stereocenters. The van der Waals surface area contributed by atoms with E-state index in [1.54, 1.807) is 0 Å². The molecule has 2 rings (SSSR count). The first kappa shape index (κ1) is 8.54. The second-order valence-corrected chi connectivity index (χ2v) is 4.03. The van der Waals surface area contributed by atoms with Gasteiger partial charge in [0.1, 0.15) is 0 Å². The van der Waals surface area contributed by atoms with Crippen LogP contribution >= 0.6 is 0 Å². The van der Waals surface area contributed by atoms with Gasteiger partial charge in [-0.15, -0.1) is 0 Å². The predicted octanol–water partition coefficient (Wildman–Crippen LogP) is 2.89. The van der Waals surface area contributed by atoms with E-state index in [0.29, 0.717) is 0 Å². The van der Waals surface area contributed by atoms with Gasteiger partial charge in [0.2, 0.25) is 0 Å². The van der Waals surface area contributed by atoms with Gasteiger partial charge in [0, 0.05) is 6.42 Å². The van der Waals surface area contributed by atoms with Crippen molar-refractivity contribution in [3.63, 3.8) is 0 Å². The van der Waals surface area contributed by atoms with Crippen LogP contribution in [0.1, 0.15) is 32.1 Å². The Bertz CT molecular complexity index is 278. The molecule has 0 aliphatic heterocycles. The first-order valence-corrected chi connectivity index (χ1v) is 4.90. The Kier molecular flexibility index (Phi) is 2.21. The van der Waals surface area contributed by atoms with Crippen molar-refractivity contribution in [3.05, 3.63) is 24.3 Å². The summed E-state index contributed by atoms with van der Waals surface area (Å²) in [4.78, 5) is 0. The van der Waals surface area contributed by atoms with E-state index >= 15 is 0 Å². The zero-order chi connectivity index (χ0) is 9.15. The van der Waals surface area contributed by atoms with Gasteiger partial charge in [-0.2, -0.15) is 0 Å². The van der Waals surface area contributed by atoms with Crippen LogP contribution in [0.25, 0.3) is 0 Å². The zero-order valence-electron chi connectivity index (χ0n) is 7.74. The van der Waals surface area contributed by atoms with Crippen LogP contribution in [0.4, 0.5) is 0 Å². The number of oxime groups is 1. The van der Waals surface area contributed by atoms with Gasteiger partial charge in [-0.05, 0) is 37.2 Å². The van der Waals surface area contributed by atoms with Crippen molar-refractivity contribution >= 4 is 5.71 Å². The molecule has 2 aliphatic carbocycles. The molecule has 0 saturated heterocycles. The first-order chi connectivity index (χ1) is 6.35. The summed E-state index contributed by atoms with van der Waals surface area (Å²) in [5.74, 6) is 0. The summed E-state index contributed by atoms with van der Waals surface area (Å²) < 4.78 is 0. The van der Waals surface area contributed by atoms with Gasteiger partial charge >= 0.3 is 0 Å². The van der Waals surface area contributed by atoms with Crippen LogP contribution < -0.4 is 0 Å². The Balaban J connectivity index is 2.20. The summed E-state index contributed by atoms with van der Waals surface area (Å²) in [6.45, 7) is 0. The molecule has 0 amide bonds. The second-order valence-electron chi connectivity index (χ2n) is 4.03. The topological polar surface area (TPSA) is 32.6 Å². The molecule has 0 aromatic heterocycles. The van der Waals surface area contributed by atoms with Crippen LogP contribution in [-0.4, -0.2) is 10.9 Å². The third-order valence-electron chi connectivity index (χ3n) is 3.01. The highest BCUT2D eigenvalue weighted by Crippen LogP contribution is 2.40. The van der Waals surface area contributed by atoms with Gasteiger partial charge in [-0.1, -0.05) is 23.4 Å². The fourth-order valence-corrected chi connectivity index (χ4v) is 2.30. The predicted molar refractivity (Wildman–Crippen MR) is 53.0 cm³/mol. The van der Waals surface area contributed by atoms with Crippen LogP contribution in [0.2, 0.25) is 0 Å². The maximum atomic E-state index is 8.72. The zero-order valence-corrected chi connectivity index (χ0v) is 7.74. The molecule has 0 bridgehead atoms. The molecule has 1 atom stereocenters. The average molecular weight is 177 g/mol. The minimum absolute atomic E-state index is 0.272. The molecule has 0 aromatic rings. The van der Waals surface area contributed by atoms with Crippen molar-refractivity contribution in [2.24, 2.45) is 10.6 Å². The lowest BCUT2D eigenvalue weighted by Gasteiger charge is -2.34. The molecule has 2 heteroatoms. The Hall–Kier alpha value is -1.05. The fourth-order valence-electron chi connectivity index (χ4n) is 2.30. The summed E-state index contributed by atoms with van der Waals surface area (Å²) >= 11 is 0. The Labute approximate surface area is 78.6 Å². The molecule has 2 aliphatic rings. The summed E-state index contributed by atoms with van der Waals surface area (Å²) in [5.41, 5.74) is 1.09. The van der Waals surface area contributed by atoms with Gasteiger partial charge < -0.3 is 5.21 Å². The number of rotatable bonds is 0. The molecule has 0 fully saturated rings. The monoisotopic (exact) mass is 177 g/mol. The molecule has 0 saturated carbocycles. The number of hydrogen-bond donors (Lipinski definition) is 1. The summed E-state index contributed by atoms with van der Waals surface area (Å²) in [5, 5.41) is 12.0. The molecular weight excluding hydrogens is 162 g/mol. The lowest BCUT2D eigenvalue weighted by atomic mass is 9.70. The lowest BCUT2D eigenvalue weighted by Crippen LogP contribution is -2.25. The van der Waals surface area contributed by atoms with Gasteiger partial charge in [-0.25, -0.2) is 0 Å². The average Bonchev–Trinajstić information content (AvgIpc) is 2.19. The minimum atomic E-state index is 0.272. The molecule has 0 aromatic carbocycles. The van der Waals surface area contributed by atoms with E-state index in [-0.39, 0.29) is 5.41 Å². The van der Waals surface area contributed by atoms with Gasteiger partial charge in [0.05, 0.1) is 5.71 Å². The Morgan fingerprint density at radius 1 is 1.38 bits per heavy atom. The molecule has 1 N–H and O–H groups in total. The van der Waals surface area contributed by atoms with Crippen LogP contribution in [0.15, 0.2) is 29.5 Å². The molecule has 70 valence electrons. The maximum Gasteiger partial charge on any atom is 0.0801 e. The highest BCUT2D eigenvalue weighted by atomic mass is 16.4. The van der Waals surface area contributed by atoms with Crippen molar-refractivity contribution in [1.82, 2.24) is 0 Å². The molecule has 2 nitrogen and oxygen atoms in total. The summed E-state index contributed by atoms with van der Waals surface area (Å²) in [7, 11) is 0. The third-order valence-corrected chi connectivity index (χ3v) is 3.01. The number of allylic oxidation sites excluding steroid dienone is 4. The van der Waals surface area contributed by atoms with Crippen LogP contribution in [0, 0.1) is 5.41 Å². The summed E-state index contributed by atoms with van der Waals surface area (Å²) in [6.07, 6.45) is 14.3. The molecular formula is C11H15NO. The Morgan fingerprint density at radius 2 is 2.31 bits per heavy atom. The smallest absolute Gasteiger partial charge is 0.0801 e. The maximum absolute atomic E-state index is 8.72.